The van der Waals surface area contributed by atoms with Crippen molar-refractivity contribution in [1.29, 1.82) is 0 Å². The highest BCUT2D eigenvalue weighted by molar-refractivity contribution is 5.48. The fourth-order valence-electron chi connectivity index (χ4n) is 3.02. The number of aryl methyl sites for hydroxylation is 1. The Kier molecular flexibility index (Phi) is 2.62. The van der Waals surface area contributed by atoms with Crippen molar-refractivity contribution in [3.63, 3.8) is 0 Å². The number of nitrogens with zero attached hydrogens (tertiary/aromatic N) is 1. The molecule has 3 heteroatoms. The Balaban J connectivity index is 2.10. The second kappa shape index (κ2) is 4.16. The molecule has 1 aliphatic rings. The lowest BCUT2D eigenvalue weighted by molar-refractivity contribution is 0.393. The van der Waals surface area contributed by atoms with E-state index in [4.69, 9.17) is 10.3 Å². The normalized spacial score (nSPS) is 22.8. The Bertz CT molecular complexity index is 574. The van der Waals surface area contributed by atoms with Gasteiger partial charge in [0.15, 0.2) is 0 Å². The van der Waals surface area contributed by atoms with E-state index in [-0.39, 0.29) is 5.92 Å². The van der Waals surface area contributed by atoms with Gasteiger partial charge in [-0.2, -0.15) is 0 Å². The molecular formula is C15H18N2O. The standard InChI is InChI=1S/C15H18N2O/c1-9-3-4-12-11(5-9)6-10(2)7-13(12)15-14(16)8-18-17-15/h3-5,8,10,13H,6-7,16H2,1-2H3. The van der Waals surface area contributed by atoms with Gasteiger partial charge in [0.05, 0.1) is 5.69 Å². The van der Waals surface area contributed by atoms with Gasteiger partial charge in [-0.25, -0.2) is 0 Å². The zero-order valence-electron chi connectivity index (χ0n) is 10.8. The highest BCUT2D eigenvalue weighted by Crippen LogP contribution is 2.40. The molecule has 1 aliphatic carbocycles. The van der Waals surface area contributed by atoms with Crippen LogP contribution >= 0.6 is 0 Å². The van der Waals surface area contributed by atoms with Gasteiger partial charge in [-0.15, -0.1) is 0 Å². The number of rotatable bonds is 1. The SMILES string of the molecule is Cc1ccc2c(c1)CC(C)CC2c1nocc1N. The first-order valence-electron chi connectivity index (χ1n) is 6.44. The van der Waals surface area contributed by atoms with E-state index < -0.39 is 0 Å². The summed E-state index contributed by atoms with van der Waals surface area (Å²) in [5.74, 6) is 0.934. The topological polar surface area (TPSA) is 52.0 Å². The van der Waals surface area contributed by atoms with Gasteiger partial charge in [0, 0.05) is 5.92 Å². The van der Waals surface area contributed by atoms with E-state index in [1.165, 1.54) is 23.0 Å². The number of anilines is 1. The Morgan fingerprint density at radius 3 is 2.94 bits per heavy atom. The summed E-state index contributed by atoms with van der Waals surface area (Å²) < 4.78 is 5.00. The zero-order chi connectivity index (χ0) is 12.7. The number of benzene rings is 1. The number of hydrogen-bond acceptors (Lipinski definition) is 3. The van der Waals surface area contributed by atoms with Gasteiger partial charge in [-0.3, -0.25) is 0 Å². The first-order valence-corrected chi connectivity index (χ1v) is 6.44. The predicted octanol–water partition coefficient (Wildman–Crippen LogP) is 3.28. The number of nitrogen functional groups attached to an aromatic ring is 1. The molecule has 2 N–H and O–H groups in total. The molecule has 18 heavy (non-hydrogen) atoms. The van der Waals surface area contributed by atoms with Crippen LogP contribution in [-0.4, -0.2) is 5.16 Å². The fourth-order valence-corrected chi connectivity index (χ4v) is 3.02. The van der Waals surface area contributed by atoms with E-state index in [9.17, 15) is 0 Å². The lowest BCUT2D eigenvalue weighted by Gasteiger charge is -2.29. The summed E-state index contributed by atoms with van der Waals surface area (Å²) in [5, 5.41) is 4.10. The maximum atomic E-state index is 5.95. The molecule has 3 nitrogen and oxygen atoms in total. The van der Waals surface area contributed by atoms with Crippen LogP contribution in [0.1, 0.15) is 41.6 Å². The van der Waals surface area contributed by atoms with Crippen LogP contribution in [0.3, 0.4) is 0 Å². The minimum Gasteiger partial charge on any atom is -0.395 e. The molecule has 3 rings (SSSR count). The number of nitrogens with two attached hydrogens (primary N) is 1. The van der Waals surface area contributed by atoms with Crippen LogP contribution < -0.4 is 5.73 Å². The van der Waals surface area contributed by atoms with Gasteiger partial charge in [0.25, 0.3) is 0 Å². The van der Waals surface area contributed by atoms with Crippen LogP contribution in [0.5, 0.6) is 0 Å². The van der Waals surface area contributed by atoms with Crippen molar-refractivity contribution < 1.29 is 4.52 Å². The molecule has 0 saturated heterocycles. The van der Waals surface area contributed by atoms with Crippen molar-refractivity contribution in [1.82, 2.24) is 5.16 Å². The monoisotopic (exact) mass is 242 g/mol. The Hall–Kier alpha value is -1.77. The van der Waals surface area contributed by atoms with Crippen molar-refractivity contribution in [3.05, 3.63) is 46.8 Å². The van der Waals surface area contributed by atoms with E-state index in [1.807, 2.05) is 0 Å². The van der Waals surface area contributed by atoms with Crippen LogP contribution in [0.2, 0.25) is 0 Å². The van der Waals surface area contributed by atoms with E-state index in [2.05, 4.69) is 37.2 Å². The van der Waals surface area contributed by atoms with E-state index >= 15 is 0 Å². The third-order valence-electron chi connectivity index (χ3n) is 3.84. The van der Waals surface area contributed by atoms with Gasteiger partial charge in [-0.05, 0) is 36.8 Å². The second-order valence-corrected chi connectivity index (χ2v) is 5.45. The summed E-state index contributed by atoms with van der Waals surface area (Å²) in [5.41, 5.74) is 11.6. The van der Waals surface area contributed by atoms with Gasteiger partial charge in [-0.1, -0.05) is 35.8 Å². The molecule has 2 unspecified atom stereocenters. The Morgan fingerprint density at radius 1 is 1.39 bits per heavy atom. The molecule has 0 fully saturated rings. The average Bonchev–Trinajstić information content (AvgIpc) is 2.73. The number of hydrogen-bond donors (Lipinski definition) is 1. The molecule has 0 bridgehead atoms. The van der Waals surface area contributed by atoms with E-state index in [1.54, 1.807) is 0 Å². The third kappa shape index (κ3) is 1.80. The summed E-state index contributed by atoms with van der Waals surface area (Å²) in [6.07, 6.45) is 3.76. The van der Waals surface area contributed by atoms with Gasteiger partial charge < -0.3 is 10.3 Å². The molecule has 2 atom stereocenters. The second-order valence-electron chi connectivity index (χ2n) is 5.45. The highest BCUT2D eigenvalue weighted by Gasteiger charge is 2.29. The maximum Gasteiger partial charge on any atom is 0.147 e. The molecule has 1 heterocycles. The molecule has 0 radical (unpaired) electrons. The molecule has 2 aromatic rings. The largest absolute Gasteiger partial charge is 0.395 e. The van der Waals surface area contributed by atoms with Crippen molar-refractivity contribution >= 4 is 5.69 Å². The van der Waals surface area contributed by atoms with Crippen LogP contribution in [-0.2, 0) is 6.42 Å². The fraction of sp³-hybridized carbons (Fsp3) is 0.400. The molecular weight excluding hydrogens is 224 g/mol. The van der Waals surface area contributed by atoms with Crippen LogP contribution in [0.4, 0.5) is 5.69 Å². The summed E-state index contributed by atoms with van der Waals surface area (Å²) in [4.78, 5) is 0. The molecule has 94 valence electrons. The van der Waals surface area contributed by atoms with Crippen molar-refractivity contribution in [3.8, 4) is 0 Å². The molecule has 0 aliphatic heterocycles. The van der Waals surface area contributed by atoms with Gasteiger partial charge in [0.1, 0.15) is 12.0 Å². The molecule has 0 saturated carbocycles. The lowest BCUT2D eigenvalue weighted by Crippen LogP contribution is -2.18. The number of fused-ring (bicyclic) bond motifs is 1. The van der Waals surface area contributed by atoms with E-state index in [0.717, 1.165) is 18.5 Å². The molecule has 0 spiro atoms. The highest BCUT2D eigenvalue weighted by atomic mass is 16.5. The third-order valence-corrected chi connectivity index (χ3v) is 3.84. The Labute approximate surface area is 107 Å². The average molecular weight is 242 g/mol. The quantitative estimate of drug-likeness (QED) is 0.835. The first-order chi connectivity index (χ1) is 8.65. The predicted molar refractivity (Wildman–Crippen MR) is 71.4 cm³/mol. The van der Waals surface area contributed by atoms with Crippen molar-refractivity contribution in [2.75, 3.05) is 5.73 Å². The summed E-state index contributed by atoms with van der Waals surface area (Å²) in [6.45, 7) is 4.42. The summed E-state index contributed by atoms with van der Waals surface area (Å²) in [7, 11) is 0. The number of aromatic nitrogens is 1. The maximum absolute atomic E-state index is 5.95. The minimum absolute atomic E-state index is 0.281. The first kappa shape index (κ1) is 11.3. The van der Waals surface area contributed by atoms with Crippen molar-refractivity contribution in [2.24, 2.45) is 5.92 Å². The summed E-state index contributed by atoms with van der Waals surface area (Å²) in [6, 6.07) is 6.67. The minimum atomic E-state index is 0.281. The summed E-state index contributed by atoms with van der Waals surface area (Å²) >= 11 is 0. The van der Waals surface area contributed by atoms with E-state index in [0.29, 0.717) is 11.6 Å². The lowest BCUT2D eigenvalue weighted by atomic mass is 9.75. The smallest absolute Gasteiger partial charge is 0.147 e. The van der Waals surface area contributed by atoms with Crippen LogP contribution in [0.25, 0.3) is 0 Å². The van der Waals surface area contributed by atoms with Gasteiger partial charge in [0.2, 0.25) is 0 Å². The Morgan fingerprint density at radius 2 is 2.22 bits per heavy atom. The van der Waals surface area contributed by atoms with Crippen LogP contribution in [0.15, 0.2) is 29.0 Å². The molecule has 0 amide bonds. The molecule has 1 aromatic carbocycles. The van der Waals surface area contributed by atoms with Gasteiger partial charge >= 0.3 is 0 Å². The van der Waals surface area contributed by atoms with Crippen LogP contribution in [0, 0.1) is 12.8 Å². The molecule has 1 aromatic heterocycles. The van der Waals surface area contributed by atoms with Crippen molar-refractivity contribution in [2.45, 2.75) is 32.6 Å². The zero-order valence-corrected chi connectivity index (χ0v) is 10.8.